The first-order valence-electron chi connectivity index (χ1n) is 8.58. The molecule has 1 N–H and O–H groups in total. The summed E-state index contributed by atoms with van der Waals surface area (Å²) >= 11 is 0.882. The molecule has 0 aliphatic carbocycles. The van der Waals surface area contributed by atoms with Crippen LogP contribution in [0, 0.1) is 17.5 Å². The zero-order valence-corrected chi connectivity index (χ0v) is 15.9. The molecule has 0 saturated carbocycles. The second kappa shape index (κ2) is 7.56. The highest BCUT2D eigenvalue weighted by Gasteiger charge is 2.21. The van der Waals surface area contributed by atoms with Crippen molar-refractivity contribution in [3.63, 3.8) is 0 Å². The maximum atomic E-state index is 14.6. The third-order valence-electron chi connectivity index (χ3n) is 4.29. The van der Waals surface area contributed by atoms with Crippen LogP contribution in [0.4, 0.5) is 18.9 Å². The van der Waals surface area contributed by atoms with Gasteiger partial charge in [0, 0.05) is 12.6 Å². The van der Waals surface area contributed by atoms with Gasteiger partial charge < -0.3 is 5.32 Å². The number of hydrogen-bond acceptors (Lipinski definition) is 3. The normalized spacial score (nSPS) is 10.9. The van der Waals surface area contributed by atoms with Gasteiger partial charge in [0.2, 0.25) is 0 Å². The average molecular weight is 413 g/mol. The van der Waals surface area contributed by atoms with Crippen molar-refractivity contribution in [3.05, 3.63) is 83.0 Å². The predicted molar refractivity (Wildman–Crippen MR) is 106 cm³/mol. The highest BCUT2D eigenvalue weighted by atomic mass is 32.1. The summed E-state index contributed by atoms with van der Waals surface area (Å²) < 4.78 is 43.6. The van der Waals surface area contributed by atoms with Crippen LogP contribution in [0.5, 0.6) is 0 Å². The van der Waals surface area contributed by atoms with Crippen LogP contribution in [0.3, 0.4) is 0 Å². The van der Waals surface area contributed by atoms with Gasteiger partial charge in [-0.3, -0.25) is 9.48 Å². The van der Waals surface area contributed by atoms with E-state index in [4.69, 9.17) is 0 Å². The Morgan fingerprint density at radius 1 is 0.966 bits per heavy atom. The van der Waals surface area contributed by atoms with Gasteiger partial charge in [-0.05, 0) is 24.3 Å². The highest BCUT2D eigenvalue weighted by molar-refractivity contribution is 7.17. The molecule has 4 aromatic rings. The van der Waals surface area contributed by atoms with Crippen molar-refractivity contribution in [2.45, 2.75) is 0 Å². The summed E-state index contributed by atoms with van der Waals surface area (Å²) in [4.78, 5) is 12.6. The number of aromatic nitrogens is 2. The van der Waals surface area contributed by atoms with Gasteiger partial charge in [0.05, 0.1) is 21.1 Å². The largest absolute Gasteiger partial charge is 0.316 e. The number of anilines is 1. The van der Waals surface area contributed by atoms with E-state index in [0.717, 1.165) is 35.1 Å². The number of nitrogens with zero attached hydrogens (tertiary/aromatic N) is 2. The maximum Gasteiger partial charge on any atom is 0.266 e. The fourth-order valence-corrected chi connectivity index (χ4v) is 3.86. The molecule has 2 heterocycles. The summed E-state index contributed by atoms with van der Waals surface area (Å²) in [6.07, 6.45) is 0. The monoisotopic (exact) mass is 413 g/mol. The zero-order chi connectivity index (χ0) is 20.5. The minimum atomic E-state index is -0.908. The number of thiophene rings is 1. The molecule has 8 heteroatoms. The van der Waals surface area contributed by atoms with Crippen LogP contribution in [-0.2, 0) is 7.05 Å². The van der Waals surface area contributed by atoms with Crippen molar-refractivity contribution >= 4 is 22.9 Å². The molecule has 0 bridgehead atoms. The maximum absolute atomic E-state index is 14.6. The third kappa shape index (κ3) is 3.66. The second-order valence-corrected chi connectivity index (χ2v) is 7.30. The van der Waals surface area contributed by atoms with Crippen LogP contribution in [0.25, 0.3) is 21.8 Å². The quantitative estimate of drug-likeness (QED) is 0.481. The van der Waals surface area contributed by atoms with E-state index < -0.39 is 29.0 Å². The van der Waals surface area contributed by atoms with E-state index >= 15 is 0 Å². The van der Waals surface area contributed by atoms with Crippen molar-refractivity contribution in [1.82, 2.24) is 9.78 Å². The number of carbonyl (C=O) groups is 1. The predicted octanol–water partition coefficient (Wildman–Crippen LogP) is 5.49. The Bertz CT molecular complexity index is 1180. The average Bonchev–Trinajstić information content (AvgIpc) is 3.28. The molecule has 2 aromatic carbocycles. The minimum absolute atomic E-state index is 0.0115. The molecule has 146 valence electrons. The van der Waals surface area contributed by atoms with Gasteiger partial charge in [0.15, 0.2) is 0 Å². The molecule has 0 fully saturated rings. The van der Waals surface area contributed by atoms with Gasteiger partial charge in [-0.1, -0.05) is 36.4 Å². The van der Waals surface area contributed by atoms with Crippen molar-refractivity contribution in [2.24, 2.45) is 7.05 Å². The van der Waals surface area contributed by atoms with Gasteiger partial charge in [0.25, 0.3) is 5.91 Å². The second-order valence-electron chi connectivity index (χ2n) is 6.24. The van der Waals surface area contributed by atoms with E-state index in [1.165, 1.54) is 10.7 Å². The van der Waals surface area contributed by atoms with E-state index in [0.29, 0.717) is 11.4 Å². The Morgan fingerprint density at radius 2 is 1.66 bits per heavy atom. The molecule has 0 saturated heterocycles. The lowest BCUT2D eigenvalue weighted by Crippen LogP contribution is -2.12. The lowest BCUT2D eigenvalue weighted by atomic mass is 10.1. The van der Waals surface area contributed by atoms with Crippen LogP contribution >= 0.6 is 11.3 Å². The topological polar surface area (TPSA) is 46.9 Å². The van der Waals surface area contributed by atoms with Crippen LogP contribution in [0.15, 0.2) is 60.7 Å². The van der Waals surface area contributed by atoms with Gasteiger partial charge in [0.1, 0.15) is 23.1 Å². The van der Waals surface area contributed by atoms with E-state index in [2.05, 4.69) is 10.4 Å². The molecule has 0 spiro atoms. The Hall–Kier alpha value is -3.39. The molecule has 0 aliphatic rings. The Morgan fingerprint density at radius 3 is 2.34 bits per heavy atom. The lowest BCUT2D eigenvalue weighted by molar-refractivity contribution is 0.102. The molecule has 4 nitrogen and oxygen atoms in total. The number of carbonyl (C=O) groups excluding carboxylic acids is 1. The van der Waals surface area contributed by atoms with E-state index in [1.54, 1.807) is 13.1 Å². The molecule has 0 unspecified atom stereocenters. The number of hydrogen-bond donors (Lipinski definition) is 1. The summed E-state index contributed by atoms with van der Waals surface area (Å²) in [6, 6.07) is 15.4. The van der Waals surface area contributed by atoms with Crippen molar-refractivity contribution in [2.75, 3.05) is 5.32 Å². The molecule has 0 aliphatic heterocycles. The van der Waals surface area contributed by atoms with E-state index in [9.17, 15) is 18.0 Å². The molecule has 4 rings (SSSR count). The number of rotatable bonds is 4. The number of nitrogens with one attached hydrogen (secondary N) is 1. The first kappa shape index (κ1) is 18.9. The van der Waals surface area contributed by atoms with Gasteiger partial charge in [-0.25, -0.2) is 13.2 Å². The highest BCUT2D eigenvalue weighted by Crippen LogP contribution is 2.34. The fourth-order valence-electron chi connectivity index (χ4n) is 2.88. The zero-order valence-electron chi connectivity index (χ0n) is 15.1. The summed E-state index contributed by atoms with van der Waals surface area (Å²) in [6.45, 7) is 0. The molecular weight excluding hydrogens is 399 g/mol. The molecule has 2 aromatic heterocycles. The summed E-state index contributed by atoms with van der Waals surface area (Å²) in [5, 5.41) is 6.57. The van der Waals surface area contributed by atoms with Crippen molar-refractivity contribution in [1.29, 1.82) is 0 Å². The fraction of sp³-hybridized carbons (Fsp3) is 0.0476. The minimum Gasteiger partial charge on any atom is -0.316 e. The Labute approximate surface area is 168 Å². The Kier molecular flexibility index (Phi) is 4.94. The smallest absolute Gasteiger partial charge is 0.266 e. The van der Waals surface area contributed by atoms with Crippen molar-refractivity contribution in [3.8, 4) is 21.8 Å². The number of benzene rings is 2. The van der Waals surface area contributed by atoms with Crippen LogP contribution in [-0.4, -0.2) is 15.7 Å². The molecule has 1 amide bonds. The number of aryl methyl sites for hydroxylation is 1. The summed E-state index contributed by atoms with van der Waals surface area (Å²) in [7, 11) is 1.68. The molecule has 29 heavy (non-hydrogen) atoms. The first-order chi connectivity index (χ1) is 13.9. The van der Waals surface area contributed by atoms with E-state index in [-0.39, 0.29) is 9.75 Å². The van der Waals surface area contributed by atoms with Crippen LogP contribution in [0.2, 0.25) is 0 Å². The first-order valence-corrected chi connectivity index (χ1v) is 9.40. The number of amides is 1. The van der Waals surface area contributed by atoms with Gasteiger partial charge in [-0.15, -0.1) is 11.3 Å². The van der Waals surface area contributed by atoms with Crippen molar-refractivity contribution < 1.29 is 18.0 Å². The van der Waals surface area contributed by atoms with Crippen LogP contribution in [0.1, 0.15) is 9.67 Å². The molecule has 0 atom stereocenters. The SMILES string of the molecule is Cn1nc(-c2ccccc2)cc1-c1sc(C(=O)Nc2c(F)cccc2F)cc1F. The van der Waals surface area contributed by atoms with Crippen LogP contribution < -0.4 is 5.32 Å². The summed E-state index contributed by atoms with van der Waals surface area (Å²) in [5.41, 5.74) is 1.46. The molecule has 0 radical (unpaired) electrons. The number of halogens is 3. The number of para-hydroxylation sites is 1. The lowest BCUT2D eigenvalue weighted by Gasteiger charge is -2.05. The third-order valence-corrected chi connectivity index (χ3v) is 5.43. The Balaban J connectivity index is 1.65. The summed E-state index contributed by atoms with van der Waals surface area (Å²) in [5.74, 6) is -3.23. The standard InChI is InChI=1S/C21H14F3N3OS/c1-27-17(11-16(26-27)12-6-3-2-4-7-12)20-15(24)10-18(29-20)21(28)25-19-13(22)8-5-9-14(19)23/h2-11H,1H3,(H,25,28). The van der Waals surface area contributed by atoms with Gasteiger partial charge in [-0.2, -0.15) is 5.10 Å². The van der Waals surface area contributed by atoms with Gasteiger partial charge >= 0.3 is 0 Å². The molecular formula is C21H14F3N3OS. The van der Waals surface area contributed by atoms with E-state index in [1.807, 2.05) is 30.3 Å².